The number of aliphatic hydroxyl groups excluding tert-OH is 1. The zero-order valence-corrected chi connectivity index (χ0v) is 10.3. The highest BCUT2D eigenvalue weighted by molar-refractivity contribution is 5.94. The Kier molecular flexibility index (Phi) is 4.20. The monoisotopic (exact) mass is 249 g/mol. The lowest BCUT2D eigenvalue weighted by molar-refractivity contribution is 0.0872. The predicted octanol–water partition coefficient (Wildman–Crippen LogP) is 1.67. The molecule has 1 fully saturated rings. The molecule has 1 aromatic rings. The number of phenols is 1. The van der Waals surface area contributed by atoms with Crippen molar-refractivity contribution in [2.75, 3.05) is 6.61 Å². The summed E-state index contributed by atoms with van der Waals surface area (Å²) in [5.41, 5.74) is 0.537. The summed E-state index contributed by atoms with van der Waals surface area (Å²) in [6.45, 7) is 0.126. The molecule has 4 nitrogen and oxygen atoms in total. The lowest BCUT2D eigenvalue weighted by Crippen LogP contribution is -2.43. The molecule has 1 aromatic carbocycles. The van der Waals surface area contributed by atoms with Gasteiger partial charge in [0.1, 0.15) is 5.75 Å². The Balaban J connectivity index is 1.99. The molecule has 1 aliphatic carbocycles. The summed E-state index contributed by atoms with van der Waals surface area (Å²) in [5.74, 6) is 0.178. The standard InChI is InChI=1S/C14H19NO3/c16-9-11-3-1-2-4-13(11)15-14(18)10-5-7-12(17)8-6-10/h5-8,11,13,16-17H,1-4,9H2,(H,15,18). The molecule has 1 saturated carbocycles. The minimum absolute atomic E-state index is 0.0602. The average Bonchev–Trinajstić information content (AvgIpc) is 2.40. The van der Waals surface area contributed by atoms with Gasteiger partial charge in [0.05, 0.1) is 0 Å². The summed E-state index contributed by atoms with van der Waals surface area (Å²) in [5, 5.41) is 21.4. The number of hydrogen-bond acceptors (Lipinski definition) is 3. The summed E-state index contributed by atoms with van der Waals surface area (Å²) in [4.78, 5) is 12.0. The molecular formula is C14H19NO3. The second-order valence-corrected chi connectivity index (χ2v) is 4.85. The predicted molar refractivity (Wildman–Crippen MR) is 68.4 cm³/mol. The van der Waals surface area contributed by atoms with E-state index >= 15 is 0 Å². The Labute approximate surface area is 107 Å². The molecule has 2 atom stereocenters. The van der Waals surface area contributed by atoms with Gasteiger partial charge in [0, 0.05) is 24.1 Å². The first-order valence-corrected chi connectivity index (χ1v) is 6.41. The van der Waals surface area contributed by atoms with Crippen LogP contribution in [0.1, 0.15) is 36.0 Å². The number of benzene rings is 1. The largest absolute Gasteiger partial charge is 0.508 e. The van der Waals surface area contributed by atoms with Gasteiger partial charge in [-0.3, -0.25) is 4.79 Å². The number of aromatic hydroxyl groups is 1. The van der Waals surface area contributed by atoms with Crippen LogP contribution >= 0.6 is 0 Å². The fourth-order valence-electron chi connectivity index (χ4n) is 2.48. The molecule has 0 aliphatic heterocycles. The number of aliphatic hydroxyl groups is 1. The molecule has 3 N–H and O–H groups in total. The van der Waals surface area contributed by atoms with Crippen molar-refractivity contribution in [2.45, 2.75) is 31.7 Å². The van der Waals surface area contributed by atoms with E-state index in [2.05, 4.69) is 5.32 Å². The lowest BCUT2D eigenvalue weighted by Gasteiger charge is -2.30. The van der Waals surface area contributed by atoms with Gasteiger partial charge in [0.15, 0.2) is 0 Å². The Hall–Kier alpha value is -1.55. The quantitative estimate of drug-likeness (QED) is 0.763. The highest BCUT2D eigenvalue weighted by atomic mass is 16.3. The Bertz CT molecular complexity index is 402. The topological polar surface area (TPSA) is 69.6 Å². The van der Waals surface area contributed by atoms with Gasteiger partial charge in [-0.25, -0.2) is 0 Å². The van der Waals surface area contributed by atoms with E-state index < -0.39 is 0 Å². The molecule has 2 rings (SSSR count). The van der Waals surface area contributed by atoms with Crippen LogP contribution in [0.2, 0.25) is 0 Å². The van der Waals surface area contributed by atoms with Crippen molar-refractivity contribution in [3.8, 4) is 5.75 Å². The molecular weight excluding hydrogens is 230 g/mol. The second kappa shape index (κ2) is 5.87. The third-order valence-corrected chi connectivity index (χ3v) is 3.59. The van der Waals surface area contributed by atoms with Crippen LogP contribution in [0.5, 0.6) is 5.75 Å². The molecule has 0 saturated heterocycles. The number of phenolic OH excluding ortho intramolecular Hbond substituents is 1. The maximum atomic E-state index is 12.0. The molecule has 0 spiro atoms. The molecule has 4 heteroatoms. The normalized spacial score (nSPS) is 23.6. The Morgan fingerprint density at radius 3 is 2.56 bits per heavy atom. The van der Waals surface area contributed by atoms with Crippen molar-refractivity contribution in [1.29, 1.82) is 0 Å². The minimum atomic E-state index is -0.139. The summed E-state index contributed by atoms with van der Waals surface area (Å²) in [6, 6.07) is 6.26. The zero-order valence-electron chi connectivity index (χ0n) is 10.3. The SMILES string of the molecule is O=C(NC1CCCCC1CO)c1ccc(O)cc1. The number of rotatable bonds is 3. The third-order valence-electron chi connectivity index (χ3n) is 3.59. The fraction of sp³-hybridized carbons (Fsp3) is 0.500. The van der Waals surface area contributed by atoms with E-state index in [0.29, 0.717) is 5.56 Å². The maximum absolute atomic E-state index is 12.0. The van der Waals surface area contributed by atoms with Crippen molar-refractivity contribution in [3.05, 3.63) is 29.8 Å². The van der Waals surface area contributed by atoms with E-state index in [1.54, 1.807) is 12.1 Å². The average molecular weight is 249 g/mol. The first kappa shape index (κ1) is 12.9. The van der Waals surface area contributed by atoms with E-state index in [4.69, 9.17) is 0 Å². The smallest absolute Gasteiger partial charge is 0.251 e. The number of nitrogens with one attached hydrogen (secondary N) is 1. The van der Waals surface area contributed by atoms with Crippen LogP contribution in [0, 0.1) is 5.92 Å². The molecule has 0 bridgehead atoms. The van der Waals surface area contributed by atoms with E-state index in [-0.39, 0.29) is 30.2 Å². The van der Waals surface area contributed by atoms with Crippen LogP contribution in [-0.2, 0) is 0 Å². The van der Waals surface area contributed by atoms with Crippen molar-refractivity contribution >= 4 is 5.91 Å². The van der Waals surface area contributed by atoms with Crippen LogP contribution in [0.4, 0.5) is 0 Å². The first-order valence-electron chi connectivity index (χ1n) is 6.41. The number of carbonyl (C=O) groups is 1. The Morgan fingerprint density at radius 1 is 1.22 bits per heavy atom. The van der Waals surface area contributed by atoms with Gasteiger partial charge in [0.2, 0.25) is 0 Å². The van der Waals surface area contributed by atoms with E-state index in [0.717, 1.165) is 25.7 Å². The van der Waals surface area contributed by atoms with Crippen LogP contribution in [0.25, 0.3) is 0 Å². The van der Waals surface area contributed by atoms with Crippen LogP contribution in [-0.4, -0.2) is 28.8 Å². The van der Waals surface area contributed by atoms with Crippen molar-refractivity contribution in [2.24, 2.45) is 5.92 Å². The van der Waals surface area contributed by atoms with Gasteiger partial charge >= 0.3 is 0 Å². The summed E-state index contributed by atoms with van der Waals surface area (Å²) in [6.07, 6.45) is 4.11. The van der Waals surface area contributed by atoms with E-state index in [9.17, 15) is 15.0 Å². The van der Waals surface area contributed by atoms with Crippen molar-refractivity contribution in [3.63, 3.8) is 0 Å². The molecule has 0 aromatic heterocycles. The summed E-state index contributed by atoms with van der Waals surface area (Å²) >= 11 is 0. The Morgan fingerprint density at radius 2 is 1.89 bits per heavy atom. The fourth-order valence-corrected chi connectivity index (χ4v) is 2.48. The van der Waals surface area contributed by atoms with Crippen molar-refractivity contribution in [1.82, 2.24) is 5.32 Å². The summed E-state index contributed by atoms with van der Waals surface area (Å²) < 4.78 is 0. The second-order valence-electron chi connectivity index (χ2n) is 4.85. The molecule has 1 amide bonds. The molecule has 0 heterocycles. The lowest BCUT2D eigenvalue weighted by atomic mass is 9.85. The van der Waals surface area contributed by atoms with Gasteiger partial charge in [0.25, 0.3) is 5.91 Å². The number of hydrogen-bond donors (Lipinski definition) is 3. The third kappa shape index (κ3) is 3.01. The van der Waals surface area contributed by atoms with Crippen molar-refractivity contribution < 1.29 is 15.0 Å². The number of carbonyl (C=O) groups excluding carboxylic acids is 1. The molecule has 2 unspecified atom stereocenters. The highest BCUT2D eigenvalue weighted by Gasteiger charge is 2.25. The van der Waals surface area contributed by atoms with Gasteiger partial charge in [-0.05, 0) is 37.1 Å². The van der Waals surface area contributed by atoms with Gasteiger partial charge in [-0.15, -0.1) is 0 Å². The molecule has 18 heavy (non-hydrogen) atoms. The van der Waals surface area contributed by atoms with Crippen LogP contribution in [0.3, 0.4) is 0 Å². The minimum Gasteiger partial charge on any atom is -0.508 e. The van der Waals surface area contributed by atoms with Crippen LogP contribution < -0.4 is 5.32 Å². The summed E-state index contributed by atoms with van der Waals surface area (Å²) in [7, 11) is 0. The number of amides is 1. The van der Waals surface area contributed by atoms with Gasteiger partial charge in [-0.2, -0.15) is 0 Å². The zero-order chi connectivity index (χ0) is 13.0. The first-order chi connectivity index (χ1) is 8.70. The molecule has 98 valence electrons. The molecule has 0 radical (unpaired) electrons. The highest BCUT2D eigenvalue weighted by Crippen LogP contribution is 2.24. The van der Waals surface area contributed by atoms with Gasteiger partial charge in [-0.1, -0.05) is 12.8 Å². The van der Waals surface area contributed by atoms with Crippen LogP contribution in [0.15, 0.2) is 24.3 Å². The van der Waals surface area contributed by atoms with E-state index in [1.165, 1.54) is 12.1 Å². The maximum Gasteiger partial charge on any atom is 0.251 e. The molecule has 1 aliphatic rings. The van der Waals surface area contributed by atoms with E-state index in [1.807, 2.05) is 0 Å². The van der Waals surface area contributed by atoms with Gasteiger partial charge < -0.3 is 15.5 Å².